The number of amides is 1. The van der Waals surface area contributed by atoms with Crippen molar-refractivity contribution < 1.29 is 4.79 Å². The van der Waals surface area contributed by atoms with Crippen LogP contribution in [-0.2, 0) is 4.79 Å². The molecule has 0 bridgehead atoms. The minimum absolute atomic E-state index is 0.00614. The normalized spacial score (nSPS) is 22.5. The van der Waals surface area contributed by atoms with Crippen molar-refractivity contribution in [1.82, 2.24) is 4.90 Å². The van der Waals surface area contributed by atoms with Gasteiger partial charge in [-0.2, -0.15) is 5.26 Å². The van der Waals surface area contributed by atoms with Crippen LogP contribution in [0.25, 0.3) is 0 Å². The molecule has 0 aliphatic carbocycles. The second-order valence-electron chi connectivity index (χ2n) is 9.75. The minimum atomic E-state index is -0.398. The van der Waals surface area contributed by atoms with Crippen LogP contribution in [0.4, 0.5) is 5.69 Å². The number of fused-ring (bicyclic) bond motifs is 1. The van der Waals surface area contributed by atoms with Gasteiger partial charge in [-0.15, -0.1) is 11.8 Å². The number of likely N-dealkylation sites (tertiary alicyclic amines) is 1. The number of rotatable bonds is 8. The van der Waals surface area contributed by atoms with Crippen LogP contribution in [-0.4, -0.2) is 41.8 Å². The zero-order valence-electron chi connectivity index (χ0n) is 20.7. The van der Waals surface area contributed by atoms with Gasteiger partial charge in [-0.3, -0.25) is 15.1 Å². The number of amidine groups is 1. The Bertz CT molecular complexity index is 1120. The first-order chi connectivity index (χ1) is 16.9. The summed E-state index contributed by atoms with van der Waals surface area (Å²) in [7, 11) is 0. The number of thioether (sulfide) groups is 1. The van der Waals surface area contributed by atoms with Gasteiger partial charge in [0.1, 0.15) is 11.1 Å². The highest BCUT2D eigenvalue weighted by molar-refractivity contribution is 8.00. The van der Waals surface area contributed by atoms with Crippen LogP contribution in [0.2, 0.25) is 0 Å². The zero-order chi connectivity index (χ0) is 24.9. The number of anilines is 1. The van der Waals surface area contributed by atoms with Crippen molar-refractivity contribution in [3.8, 4) is 6.07 Å². The van der Waals surface area contributed by atoms with Gasteiger partial charge in [0.15, 0.2) is 0 Å². The number of nitrogens with zero attached hydrogens (tertiary/aromatic N) is 3. The summed E-state index contributed by atoms with van der Waals surface area (Å²) in [6.45, 7) is 6.42. The predicted molar refractivity (Wildman–Crippen MR) is 143 cm³/mol. The molecule has 2 aliphatic rings. The number of piperidine rings is 1. The molecule has 0 radical (unpaired) electrons. The highest BCUT2D eigenvalue weighted by Crippen LogP contribution is 2.47. The number of unbranched alkanes of at least 4 members (excludes halogenated alkanes) is 2. The third kappa shape index (κ3) is 5.71. The number of carbonyl (C=O) groups excluding carboxylic acids is 1. The summed E-state index contributed by atoms with van der Waals surface area (Å²) in [4.78, 5) is 19.2. The van der Waals surface area contributed by atoms with Crippen LogP contribution in [0.3, 0.4) is 0 Å². The van der Waals surface area contributed by atoms with E-state index in [1.165, 1.54) is 31.0 Å². The molecule has 184 valence electrons. The fraction of sp³-hybridized carbons (Fsp3) is 0.464. The van der Waals surface area contributed by atoms with Gasteiger partial charge in [-0.1, -0.05) is 31.0 Å². The third-order valence-electron chi connectivity index (χ3n) is 7.29. The summed E-state index contributed by atoms with van der Waals surface area (Å²) in [5.74, 6) is 0.0185. The highest BCUT2D eigenvalue weighted by Gasteiger charge is 2.35. The largest absolute Gasteiger partial charge is 0.384 e. The Morgan fingerprint density at radius 2 is 1.86 bits per heavy atom. The monoisotopic (exact) mass is 489 g/mol. The van der Waals surface area contributed by atoms with Gasteiger partial charge in [-0.25, -0.2) is 0 Å². The summed E-state index contributed by atoms with van der Waals surface area (Å²) in [5, 5.41) is 16.8. The number of hydrogen-bond donors (Lipinski definition) is 2. The van der Waals surface area contributed by atoms with Crippen LogP contribution in [0.5, 0.6) is 0 Å². The molecule has 1 fully saturated rings. The molecule has 2 aliphatic heterocycles. The molecule has 1 amide bonds. The lowest BCUT2D eigenvalue weighted by atomic mass is 9.97. The molecule has 0 spiro atoms. The Labute approximate surface area is 213 Å². The molecule has 6 nitrogen and oxygen atoms in total. The summed E-state index contributed by atoms with van der Waals surface area (Å²) in [6.07, 6.45) is 7.01. The number of hydrogen-bond acceptors (Lipinski definition) is 5. The van der Waals surface area contributed by atoms with E-state index in [1.807, 2.05) is 41.3 Å². The Morgan fingerprint density at radius 1 is 1.11 bits per heavy atom. The van der Waals surface area contributed by atoms with Crippen LogP contribution in [0, 0.1) is 16.7 Å². The van der Waals surface area contributed by atoms with E-state index in [1.54, 1.807) is 6.07 Å². The summed E-state index contributed by atoms with van der Waals surface area (Å²) in [6, 6.07) is 16.5. The Hall–Kier alpha value is -2.82. The van der Waals surface area contributed by atoms with Gasteiger partial charge in [0, 0.05) is 29.1 Å². The predicted octanol–water partition coefficient (Wildman–Crippen LogP) is 5.46. The van der Waals surface area contributed by atoms with Crippen LogP contribution < -0.4 is 10.6 Å². The van der Waals surface area contributed by atoms with E-state index < -0.39 is 5.25 Å². The number of benzene rings is 2. The fourth-order valence-corrected chi connectivity index (χ4v) is 6.50. The van der Waals surface area contributed by atoms with Crippen LogP contribution >= 0.6 is 11.8 Å². The maximum absolute atomic E-state index is 13.7. The number of carbonyl (C=O) groups is 1. The van der Waals surface area contributed by atoms with Gasteiger partial charge in [0.05, 0.1) is 17.3 Å². The second-order valence-corrected chi connectivity index (χ2v) is 10.9. The molecular weight excluding hydrogens is 454 g/mol. The topological polar surface area (TPSA) is 97.2 Å². The van der Waals surface area contributed by atoms with Crippen molar-refractivity contribution in [2.24, 2.45) is 5.73 Å². The lowest BCUT2D eigenvalue weighted by Gasteiger charge is -2.39. The van der Waals surface area contributed by atoms with E-state index in [4.69, 9.17) is 11.1 Å². The smallest absolute Gasteiger partial charge is 0.245 e. The second kappa shape index (κ2) is 11.3. The molecule has 2 heterocycles. The van der Waals surface area contributed by atoms with E-state index in [0.717, 1.165) is 42.0 Å². The van der Waals surface area contributed by atoms with Gasteiger partial charge >= 0.3 is 0 Å². The van der Waals surface area contributed by atoms with Crippen molar-refractivity contribution in [3.05, 3.63) is 59.2 Å². The Morgan fingerprint density at radius 3 is 2.57 bits per heavy atom. The quantitative estimate of drug-likeness (QED) is 0.292. The minimum Gasteiger partial charge on any atom is -0.384 e. The molecule has 2 aromatic carbocycles. The van der Waals surface area contributed by atoms with E-state index >= 15 is 0 Å². The van der Waals surface area contributed by atoms with Crippen LogP contribution in [0.1, 0.15) is 74.3 Å². The highest BCUT2D eigenvalue weighted by atomic mass is 32.2. The van der Waals surface area contributed by atoms with Crippen molar-refractivity contribution in [1.29, 1.82) is 10.7 Å². The lowest BCUT2D eigenvalue weighted by Crippen LogP contribution is -2.44. The molecule has 35 heavy (non-hydrogen) atoms. The number of nitrogens with two attached hydrogens (primary N) is 1. The number of nitrogens with one attached hydrogen (secondary N) is 1. The Kier molecular flexibility index (Phi) is 8.15. The van der Waals surface area contributed by atoms with Crippen molar-refractivity contribution in [3.63, 3.8) is 0 Å². The Balaban J connectivity index is 1.47. The standard InChI is InChI=1S/C28H35N5OS/c1-19-8-6-9-20(2)32(19)14-4-3-5-15-33-24-16-21(18-29)12-13-25(24)35-26(28(33)34)22-10-7-11-23(17-22)27(30)31/h7,10-13,16-17,19-20,26H,3-6,8-9,14-15H2,1-2H3,(H3,30,31)/t19-,20+,26?. The fourth-order valence-electron chi connectivity index (χ4n) is 5.30. The number of nitriles is 1. The molecule has 3 N–H and O–H groups in total. The molecule has 1 saturated heterocycles. The van der Waals surface area contributed by atoms with Crippen molar-refractivity contribution >= 4 is 29.2 Å². The van der Waals surface area contributed by atoms with Gasteiger partial charge in [-0.05, 0) is 75.9 Å². The van der Waals surface area contributed by atoms with Crippen molar-refractivity contribution in [2.75, 3.05) is 18.0 Å². The average Bonchev–Trinajstić information content (AvgIpc) is 2.86. The molecule has 0 aromatic heterocycles. The lowest BCUT2D eigenvalue weighted by molar-refractivity contribution is -0.118. The van der Waals surface area contributed by atoms with Crippen LogP contribution in [0.15, 0.2) is 47.4 Å². The molecule has 0 saturated carbocycles. The molecule has 2 aromatic rings. The van der Waals surface area contributed by atoms with E-state index in [2.05, 4.69) is 24.8 Å². The molecule has 1 unspecified atom stereocenters. The average molecular weight is 490 g/mol. The first-order valence-electron chi connectivity index (χ1n) is 12.6. The van der Waals surface area contributed by atoms with E-state index in [9.17, 15) is 10.1 Å². The first-order valence-corrected chi connectivity index (χ1v) is 13.5. The SMILES string of the molecule is C[C@@H]1CCC[C@H](C)N1CCCCCN1C(=O)C(c2cccc(C(=N)N)c2)Sc2ccc(C#N)cc21. The number of nitrogen functional groups attached to an aromatic ring is 1. The van der Waals surface area contributed by atoms with Crippen molar-refractivity contribution in [2.45, 2.75) is 74.6 Å². The maximum Gasteiger partial charge on any atom is 0.245 e. The van der Waals surface area contributed by atoms with Gasteiger partial charge in [0.25, 0.3) is 0 Å². The molecule has 4 rings (SSSR count). The molecule has 7 heteroatoms. The maximum atomic E-state index is 13.7. The van der Waals surface area contributed by atoms with Gasteiger partial charge in [0.2, 0.25) is 5.91 Å². The molecular formula is C28H35N5OS. The van der Waals surface area contributed by atoms with Gasteiger partial charge < -0.3 is 10.6 Å². The summed E-state index contributed by atoms with van der Waals surface area (Å²) < 4.78 is 0. The summed E-state index contributed by atoms with van der Waals surface area (Å²) in [5.41, 5.74) is 8.55. The van der Waals surface area contributed by atoms with E-state index in [-0.39, 0.29) is 11.7 Å². The first kappa shape index (κ1) is 25.3. The van der Waals surface area contributed by atoms with E-state index in [0.29, 0.717) is 29.8 Å². The summed E-state index contributed by atoms with van der Waals surface area (Å²) >= 11 is 1.51. The molecule has 3 atom stereocenters. The third-order valence-corrected chi connectivity index (χ3v) is 8.60. The zero-order valence-corrected chi connectivity index (χ0v) is 21.5.